The number of Topliss-reactive ketones (excluding diaryl/α,β-unsaturated/α-hetero) is 1. The third kappa shape index (κ3) is 2.75. The first kappa shape index (κ1) is 13.0. The van der Waals surface area contributed by atoms with Gasteiger partial charge in [0.05, 0.1) is 14.2 Å². The van der Waals surface area contributed by atoms with Crippen molar-refractivity contribution in [2.45, 2.75) is 12.8 Å². The Morgan fingerprint density at radius 1 is 1.18 bits per heavy atom. The number of methoxy groups -OCH3 is 2. The molecule has 0 aliphatic rings. The Labute approximate surface area is 99.0 Å². The summed E-state index contributed by atoms with van der Waals surface area (Å²) in [7, 11) is 2.93. The summed E-state index contributed by atoms with van der Waals surface area (Å²) in [6.07, 6.45) is 0. The third-order valence-corrected chi connectivity index (χ3v) is 2.39. The monoisotopic (exact) mass is 238 g/mol. The zero-order chi connectivity index (χ0) is 13.0. The summed E-state index contributed by atoms with van der Waals surface area (Å²) >= 11 is 0. The minimum atomic E-state index is -1.18. The number of aliphatic carboxylic acids is 1. The number of hydrogen-bond acceptors (Lipinski definition) is 4. The summed E-state index contributed by atoms with van der Waals surface area (Å²) in [5.41, 5.74) is 0.377. The van der Waals surface area contributed by atoms with Gasteiger partial charge in [0.25, 0.3) is 0 Å². The minimum absolute atomic E-state index is 0.377. The van der Waals surface area contributed by atoms with Crippen LogP contribution in [0, 0.1) is 0 Å². The van der Waals surface area contributed by atoms with Gasteiger partial charge in [-0.15, -0.1) is 0 Å². The fourth-order valence-electron chi connectivity index (χ4n) is 1.58. The number of hydrogen-bond donors (Lipinski definition) is 1. The Morgan fingerprint density at radius 2 is 1.76 bits per heavy atom. The number of ether oxygens (including phenoxy) is 2. The maximum Gasteiger partial charge on any atom is 0.318 e. The SMILES string of the molecule is COc1ccc(C(C(C)=O)C(=O)O)cc1OC. The number of benzene rings is 1. The average molecular weight is 238 g/mol. The van der Waals surface area contributed by atoms with Crippen LogP contribution in [-0.4, -0.2) is 31.1 Å². The van der Waals surface area contributed by atoms with Crippen molar-refractivity contribution >= 4 is 11.8 Å². The summed E-state index contributed by atoms with van der Waals surface area (Å²) in [6, 6.07) is 4.62. The van der Waals surface area contributed by atoms with E-state index in [0.29, 0.717) is 17.1 Å². The lowest BCUT2D eigenvalue weighted by Crippen LogP contribution is -2.19. The molecule has 0 bridgehead atoms. The van der Waals surface area contributed by atoms with Gasteiger partial charge in [0.15, 0.2) is 11.5 Å². The maximum atomic E-state index is 11.3. The van der Waals surface area contributed by atoms with Gasteiger partial charge >= 0.3 is 5.97 Å². The Morgan fingerprint density at radius 3 is 2.18 bits per heavy atom. The smallest absolute Gasteiger partial charge is 0.318 e. The second-order valence-electron chi connectivity index (χ2n) is 3.50. The predicted octanol–water partition coefficient (Wildman–Crippen LogP) is 1.46. The summed E-state index contributed by atoms with van der Waals surface area (Å²) in [4.78, 5) is 22.3. The van der Waals surface area contributed by atoms with E-state index >= 15 is 0 Å². The molecule has 17 heavy (non-hydrogen) atoms. The van der Waals surface area contributed by atoms with Crippen molar-refractivity contribution in [1.82, 2.24) is 0 Å². The summed E-state index contributed by atoms with van der Waals surface area (Å²) in [6.45, 7) is 1.25. The molecule has 1 atom stereocenters. The lowest BCUT2D eigenvalue weighted by Gasteiger charge is -2.13. The maximum absolute atomic E-state index is 11.3. The number of ketones is 1. The van der Waals surface area contributed by atoms with Gasteiger partial charge in [-0.05, 0) is 24.6 Å². The molecule has 0 radical (unpaired) electrons. The van der Waals surface area contributed by atoms with Crippen molar-refractivity contribution in [1.29, 1.82) is 0 Å². The van der Waals surface area contributed by atoms with Crippen LogP contribution in [0.4, 0.5) is 0 Å². The van der Waals surface area contributed by atoms with E-state index in [1.165, 1.54) is 27.2 Å². The first-order chi connectivity index (χ1) is 8.01. The molecule has 0 aromatic heterocycles. The topological polar surface area (TPSA) is 72.8 Å². The molecule has 92 valence electrons. The molecule has 1 rings (SSSR count). The van der Waals surface area contributed by atoms with Crippen molar-refractivity contribution in [2.24, 2.45) is 0 Å². The molecule has 1 N–H and O–H groups in total. The molecular formula is C12H14O5. The van der Waals surface area contributed by atoms with E-state index in [9.17, 15) is 9.59 Å². The van der Waals surface area contributed by atoms with Crippen molar-refractivity contribution < 1.29 is 24.2 Å². The largest absolute Gasteiger partial charge is 0.493 e. The lowest BCUT2D eigenvalue weighted by molar-refractivity contribution is -0.142. The summed E-state index contributed by atoms with van der Waals surface area (Å²) in [5, 5.41) is 8.99. The molecule has 0 amide bonds. The van der Waals surface area contributed by atoms with Gasteiger partial charge in [-0.1, -0.05) is 6.07 Å². The van der Waals surface area contributed by atoms with Crippen LogP contribution in [0.2, 0.25) is 0 Å². The Balaban J connectivity index is 3.22. The highest BCUT2D eigenvalue weighted by molar-refractivity contribution is 6.02. The van der Waals surface area contributed by atoms with Gasteiger partial charge in [-0.25, -0.2) is 0 Å². The van der Waals surface area contributed by atoms with Crippen molar-refractivity contribution in [2.75, 3.05) is 14.2 Å². The number of carboxylic acids is 1. The molecule has 1 unspecified atom stereocenters. The van der Waals surface area contributed by atoms with Gasteiger partial charge in [-0.2, -0.15) is 0 Å². The van der Waals surface area contributed by atoms with Crippen molar-refractivity contribution in [3.05, 3.63) is 23.8 Å². The first-order valence-corrected chi connectivity index (χ1v) is 4.96. The van der Waals surface area contributed by atoms with E-state index in [2.05, 4.69) is 0 Å². The summed E-state index contributed by atoms with van der Waals surface area (Å²) in [5.74, 6) is -1.88. The molecule has 0 saturated heterocycles. The second kappa shape index (κ2) is 5.34. The van der Waals surface area contributed by atoms with E-state index in [0.717, 1.165) is 0 Å². The highest BCUT2D eigenvalue weighted by Gasteiger charge is 2.25. The first-order valence-electron chi connectivity index (χ1n) is 4.96. The van der Waals surface area contributed by atoms with Gasteiger partial charge in [-0.3, -0.25) is 9.59 Å². The standard InChI is InChI=1S/C12H14O5/c1-7(13)11(12(14)15)8-4-5-9(16-2)10(6-8)17-3/h4-6,11H,1-3H3,(H,14,15). The Bertz CT molecular complexity index is 425. The number of rotatable bonds is 5. The molecule has 5 nitrogen and oxygen atoms in total. The lowest BCUT2D eigenvalue weighted by atomic mass is 9.95. The number of carboxylic acid groups (broad SMARTS) is 1. The van der Waals surface area contributed by atoms with Crippen LogP contribution in [0.25, 0.3) is 0 Å². The predicted molar refractivity (Wildman–Crippen MR) is 60.6 cm³/mol. The van der Waals surface area contributed by atoms with Crippen LogP contribution in [-0.2, 0) is 9.59 Å². The van der Waals surface area contributed by atoms with E-state index in [4.69, 9.17) is 14.6 Å². The summed E-state index contributed by atoms with van der Waals surface area (Å²) < 4.78 is 10.1. The molecule has 0 heterocycles. The quantitative estimate of drug-likeness (QED) is 0.786. The van der Waals surface area contributed by atoms with E-state index < -0.39 is 17.7 Å². The fraction of sp³-hybridized carbons (Fsp3) is 0.333. The van der Waals surface area contributed by atoms with Crippen LogP contribution in [0.1, 0.15) is 18.4 Å². The van der Waals surface area contributed by atoms with Gasteiger partial charge in [0.1, 0.15) is 11.7 Å². The molecule has 0 aliphatic heterocycles. The Kier molecular flexibility index (Phi) is 4.09. The third-order valence-electron chi connectivity index (χ3n) is 2.39. The van der Waals surface area contributed by atoms with Gasteiger partial charge in [0, 0.05) is 0 Å². The highest BCUT2D eigenvalue weighted by atomic mass is 16.5. The van der Waals surface area contributed by atoms with Crippen LogP contribution < -0.4 is 9.47 Å². The molecule has 0 spiro atoms. The normalized spacial score (nSPS) is 11.7. The fourth-order valence-corrected chi connectivity index (χ4v) is 1.58. The Hall–Kier alpha value is -2.04. The molecule has 5 heteroatoms. The number of carbonyl (C=O) groups is 2. The van der Waals surface area contributed by atoms with Crippen LogP contribution in [0.3, 0.4) is 0 Å². The van der Waals surface area contributed by atoms with Gasteiger partial charge < -0.3 is 14.6 Å². The average Bonchev–Trinajstić information content (AvgIpc) is 2.27. The molecular weight excluding hydrogens is 224 g/mol. The van der Waals surface area contributed by atoms with Crippen molar-refractivity contribution in [3.8, 4) is 11.5 Å². The molecule has 1 aromatic carbocycles. The van der Waals surface area contributed by atoms with Crippen LogP contribution in [0.5, 0.6) is 11.5 Å². The van der Waals surface area contributed by atoms with Crippen LogP contribution >= 0.6 is 0 Å². The molecule has 1 aromatic rings. The zero-order valence-corrected chi connectivity index (χ0v) is 9.89. The van der Waals surface area contributed by atoms with Gasteiger partial charge in [0.2, 0.25) is 0 Å². The van der Waals surface area contributed by atoms with E-state index in [1.54, 1.807) is 12.1 Å². The highest BCUT2D eigenvalue weighted by Crippen LogP contribution is 2.31. The molecule has 0 saturated carbocycles. The zero-order valence-electron chi connectivity index (χ0n) is 9.89. The van der Waals surface area contributed by atoms with E-state index in [1.807, 2.05) is 0 Å². The second-order valence-corrected chi connectivity index (χ2v) is 3.50. The van der Waals surface area contributed by atoms with Crippen LogP contribution in [0.15, 0.2) is 18.2 Å². The number of carbonyl (C=O) groups excluding carboxylic acids is 1. The minimum Gasteiger partial charge on any atom is -0.493 e. The molecule has 0 aliphatic carbocycles. The van der Waals surface area contributed by atoms with E-state index in [-0.39, 0.29) is 0 Å². The van der Waals surface area contributed by atoms with Crippen molar-refractivity contribution in [3.63, 3.8) is 0 Å². The molecule has 0 fully saturated rings.